The van der Waals surface area contributed by atoms with Gasteiger partial charge in [0.2, 0.25) is 5.91 Å². The minimum Gasteiger partial charge on any atom is -0.370 e. The highest BCUT2D eigenvalue weighted by Gasteiger charge is 2.41. The Kier molecular flexibility index (Phi) is 4.32. The van der Waals surface area contributed by atoms with Crippen molar-refractivity contribution in [3.05, 3.63) is 0 Å². The highest BCUT2D eigenvalue weighted by atomic mass is 16.5. The lowest BCUT2D eigenvalue weighted by molar-refractivity contribution is -0.163. The van der Waals surface area contributed by atoms with Gasteiger partial charge in [0.1, 0.15) is 0 Å². The topological polar surface area (TPSA) is 32.8 Å². The Bertz CT molecular complexity index is 350. The maximum absolute atomic E-state index is 12.7. The maximum Gasteiger partial charge on any atom is 0.225 e. The normalized spacial score (nSPS) is 33.5. The third kappa shape index (κ3) is 3.01. The van der Waals surface area contributed by atoms with E-state index in [1.165, 1.54) is 25.7 Å². The van der Waals surface area contributed by atoms with Gasteiger partial charge < -0.3 is 14.5 Å². The number of morpholine rings is 1. The van der Waals surface area contributed by atoms with Gasteiger partial charge in [-0.05, 0) is 39.3 Å². The van der Waals surface area contributed by atoms with Crippen molar-refractivity contribution < 1.29 is 9.53 Å². The Morgan fingerprint density at radius 2 is 1.90 bits per heavy atom. The first-order valence-corrected chi connectivity index (χ1v) is 8.30. The van der Waals surface area contributed by atoms with Crippen molar-refractivity contribution in [2.75, 3.05) is 39.8 Å². The number of carbonyl (C=O) groups is 1. The number of ether oxygens (including phenoxy) is 1. The second-order valence-electron chi connectivity index (χ2n) is 6.97. The van der Waals surface area contributed by atoms with Gasteiger partial charge in [0.15, 0.2) is 0 Å². The number of nitrogens with zero attached hydrogens (tertiary/aromatic N) is 2. The summed E-state index contributed by atoms with van der Waals surface area (Å²) in [6.45, 7) is 4.45. The lowest BCUT2D eigenvalue weighted by Gasteiger charge is -2.48. The predicted molar refractivity (Wildman–Crippen MR) is 78.6 cm³/mol. The van der Waals surface area contributed by atoms with E-state index in [9.17, 15) is 4.79 Å². The molecular weight excluding hydrogens is 252 g/mol. The Hall–Kier alpha value is -0.610. The van der Waals surface area contributed by atoms with Crippen molar-refractivity contribution in [3.8, 4) is 0 Å². The van der Waals surface area contributed by atoms with Crippen LogP contribution >= 0.6 is 0 Å². The van der Waals surface area contributed by atoms with Crippen LogP contribution in [0.15, 0.2) is 0 Å². The van der Waals surface area contributed by atoms with E-state index < -0.39 is 0 Å². The number of carbonyl (C=O) groups excluding carboxylic acids is 1. The Balaban J connectivity index is 1.63. The molecule has 0 aromatic carbocycles. The van der Waals surface area contributed by atoms with Gasteiger partial charge in [-0.15, -0.1) is 0 Å². The third-order valence-corrected chi connectivity index (χ3v) is 5.24. The zero-order chi connectivity index (χ0) is 14.0. The molecule has 1 atom stereocenters. The molecule has 1 amide bonds. The van der Waals surface area contributed by atoms with Gasteiger partial charge in [-0.3, -0.25) is 4.79 Å². The summed E-state index contributed by atoms with van der Waals surface area (Å²) in [6.07, 6.45) is 8.25. The number of rotatable bonds is 1. The molecule has 0 N–H and O–H groups in total. The van der Waals surface area contributed by atoms with Gasteiger partial charge in [-0.25, -0.2) is 0 Å². The molecule has 0 unspecified atom stereocenters. The molecule has 3 aliphatic rings. The molecule has 1 saturated carbocycles. The van der Waals surface area contributed by atoms with Crippen LogP contribution in [0.5, 0.6) is 0 Å². The first kappa shape index (κ1) is 14.3. The van der Waals surface area contributed by atoms with Crippen molar-refractivity contribution >= 4 is 5.91 Å². The summed E-state index contributed by atoms with van der Waals surface area (Å²) in [4.78, 5) is 17.2. The molecule has 0 aromatic rings. The quantitative estimate of drug-likeness (QED) is 0.735. The van der Waals surface area contributed by atoms with Crippen LogP contribution in [0.3, 0.4) is 0 Å². The summed E-state index contributed by atoms with van der Waals surface area (Å²) in [5.74, 6) is 0.695. The summed E-state index contributed by atoms with van der Waals surface area (Å²) < 4.78 is 6.11. The van der Waals surface area contributed by atoms with Gasteiger partial charge in [-0.2, -0.15) is 0 Å². The standard InChI is InChI=1S/C16H28N2O2/c1-17-9-5-8-16(12-17)13-18(10-11-20-16)15(19)14-6-3-2-4-7-14/h14H,2-13H2,1H3/t16-/m1/s1. The fourth-order valence-corrected chi connectivity index (χ4v) is 4.21. The molecule has 20 heavy (non-hydrogen) atoms. The van der Waals surface area contributed by atoms with Gasteiger partial charge >= 0.3 is 0 Å². The van der Waals surface area contributed by atoms with Crippen LogP contribution in [0.2, 0.25) is 0 Å². The largest absolute Gasteiger partial charge is 0.370 e. The summed E-state index contributed by atoms with van der Waals surface area (Å²) in [6, 6.07) is 0. The lowest BCUT2D eigenvalue weighted by atomic mass is 9.86. The van der Waals surface area contributed by atoms with Crippen molar-refractivity contribution in [2.24, 2.45) is 5.92 Å². The van der Waals surface area contributed by atoms with Crippen LogP contribution in [0.25, 0.3) is 0 Å². The van der Waals surface area contributed by atoms with E-state index >= 15 is 0 Å². The van der Waals surface area contributed by atoms with E-state index in [0.29, 0.717) is 18.4 Å². The van der Waals surface area contributed by atoms with Crippen LogP contribution in [0.1, 0.15) is 44.9 Å². The average Bonchev–Trinajstić information content (AvgIpc) is 2.47. The molecular formula is C16H28N2O2. The van der Waals surface area contributed by atoms with E-state index in [0.717, 1.165) is 45.4 Å². The van der Waals surface area contributed by atoms with E-state index in [-0.39, 0.29) is 5.60 Å². The summed E-state index contributed by atoms with van der Waals surface area (Å²) >= 11 is 0. The number of hydrogen-bond donors (Lipinski definition) is 0. The molecule has 2 saturated heterocycles. The number of likely N-dealkylation sites (N-methyl/N-ethyl adjacent to an activating group) is 1. The molecule has 114 valence electrons. The Morgan fingerprint density at radius 3 is 2.65 bits per heavy atom. The van der Waals surface area contributed by atoms with Crippen molar-refractivity contribution in [3.63, 3.8) is 0 Å². The number of hydrogen-bond acceptors (Lipinski definition) is 3. The van der Waals surface area contributed by atoms with E-state index in [1.54, 1.807) is 0 Å². The van der Waals surface area contributed by atoms with Gasteiger partial charge in [-0.1, -0.05) is 19.3 Å². The smallest absolute Gasteiger partial charge is 0.225 e. The fraction of sp³-hybridized carbons (Fsp3) is 0.938. The molecule has 1 aliphatic carbocycles. The van der Waals surface area contributed by atoms with E-state index in [4.69, 9.17) is 4.74 Å². The van der Waals surface area contributed by atoms with Crippen LogP contribution in [-0.2, 0) is 9.53 Å². The minimum atomic E-state index is -0.0877. The number of piperidine rings is 1. The monoisotopic (exact) mass is 280 g/mol. The van der Waals surface area contributed by atoms with E-state index in [2.05, 4.69) is 16.8 Å². The number of likely N-dealkylation sites (tertiary alicyclic amines) is 1. The van der Waals surface area contributed by atoms with Crippen LogP contribution in [0, 0.1) is 5.92 Å². The molecule has 0 aromatic heterocycles. The third-order valence-electron chi connectivity index (χ3n) is 5.24. The van der Waals surface area contributed by atoms with Crippen molar-refractivity contribution in [1.29, 1.82) is 0 Å². The molecule has 0 radical (unpaired) electrons. The molecule has 4 nitrogen and oxygen atoms in total. The SMILES string of the molecule is CN1CCC[C@@]2(C1)CN(C(=O)C1CCCCC1)CCO2. The first-order chi connectivity index (χ1) is 9.69. The van der Waals surface area contributed by atoms with Crippen LogP contribution in [0.4, 0.5) is 0 Å². The molecule has 4 heteroatoms. The first-order valence-electron chi connectivity index (χ1n) is 8.30. The maximum atomic E-state index is 12.7. The lowest BCUT2D eigenvalue weighted by Crippen LogP contribution is -2.60. The Labute approximate surface area is 122 Å². The van der Waals surface area contributed by atoms with Crippen LogP contribution in [-0.4, -0.2) is 61.1 Å². The molecule has 3 fully saturated rings. The molecule has 1 spiro atoms. The second kappa shape index (κ2) is 6.02. The van der Waals surface area contributed by atoms with Crippen LogP contribution < -0.4 is 0 Å². The number of amides is 1. The highest BCUT2D eigenvalue weighted by Crippen LogP contribution is 2.31. The zero-order valence-corrected chi connectivity index (χ0v) is 12.8. The molecule has 3 rings (SSSR count). The minimum absolute atomic E-state index is 0.0877. The summed E-state index contributed by atoms with van der Waals surface area (Å²) in [5.41, 5.74) is -0.0877. The highest BCUT2D eigenvalue weighted by molar-refractivity contribution is 5.79. The van der Waals surface area contributed by atoms with Gasteiger partial charge in [0.05, 0.1) is 18.8 Å². The zero-order valence-electron chi connectivity index (χ0n) is 12.8. The van der Waals surface area contributed by atoms with Crippen molar-refractivity contribution in [2.45, 2.75) is 50.5 Å². The predicted octanol–water partition coefficient (Wildman–Crippen LogP) is 1.89. The van der Waals surface area contributed by atoms with E-state index in [1.807, 2.05) is 0 Å². The van der Waals surface area contributed by atoms with Crippen molar-refractivity contribution in [1.82, 2.24) is 9.80 Å². The van der Waals surface area contributed by atoms with Gasteiger partial charge in [0, 0.05) is 19.0 Å². The Morgan fingerprint density at radius 1 is 1.10 bits per heavy atom. The molecule has 2 heterocycles. The van der Waals surface area contributed by atoms with Gasteiger partial charge in [0.25, 0.3) is 0 Å². The summed E-state index contributed by atoms with van der Waals surface area (Å²) in [7, 11) is 2.16. The second-order valence-corrected chi connectivity index (χ2v) is 6.97. The molecule has 0 bridgehead atoms. The molecule has 2 aliphatic heterocycles. The fourth-order valence-electron chi connectivity index (χ4n) is 4.21. The summed E-state index contributed by atoms with van der Waals surface area (Å²) in [5, 5.41) is 0. The average molecular weight is 280 g/mol.